The van der Waals surface area contributed by atoms with Crippen molar-refractivity contribution >= 4 is 0 Å². The van der Waals surface area contributed by atoms with Crippen LogP contribution in [-0.4, -0.2) is 12.0 Å². The zero-order valence-corrected chi connectivity index (χ0v) is 10.2. The Labute approximate surface area is 102 Å². The van der Waals surface area contributed by atoms with Gasteiger partial charge in [-0.1, -0.05) is 6.42 Å². The molecule has 92 valence electrons. The average molecular weight is 234 g/mol. The van der Waals surface area contributed by atoms with Gasteiger partial charge in [-0.3, -0.25) is 4.98 Å². The zero-order chi connectivity index (χ0) is 11.8. The van der Waals surface area contributed by atoms with Crippen molar-refractivity contribution in [3.05, 3.63) is 29.8 Å². The standard InChI is InChI=1S/C14H19FN2/c1-16-14(11-6-12(15)8-17-7-11)13-5-9-2-3-10(13)4-9/h6-10,13-14,16H,2-5H2,1H3. The lowest BCUT2D eigenvalue weighted by atomic mass is 9.81. The van der Waals surface area contributed by atoms with Crippen molar-refractivity contribution in [2.45, 2.75) is 31.7 Å². The van der Waals surface area contributed by atoms with Gasteiger partial charge in [0.1, 0.15) is 5.82 Å². The molecule has 0 aromatic carbocycles. The molecular weight excluding hydrogens is 215 g/mol. The van der Waals surface area contributed by atoms with E-state index in [-0.39, 0.29) is 11.9 Å². The lowest BCUT2D eigenvalue weighted by molar-refractivity contribution is 0.259. The maximum absolute atomic E-state index is 13.2. The van der Waals surface area contributed by atoms with Gasteiger partial charge in [-0.2, -0.15) is 0 Å². The Balaban J connectivity index is 1.84. The minimum Gasteiger partial charge on any atom is -0.313 e. The van der Waals surface area contributed by atoms with Gasteiger partial charge in [-0.25, -0.2) is 4.39 Å². The van der Waals surface area contributed by atoms with E-state index in [1.54, 1.807) is 12.3 Å². The van der Waals surface area contributed by atoms with Crippen LogP contribution in [0.15, 0.2) is 18.5 Å². The number of pyridine rings is 1. The van der Waals surface area contributed by atoms with Gasteiger partial charge in [-0.15, -0.1) is 0 Å². The van der Waals surface area contributed by atoms with Gasteiger partial charge in [-0.05, 0) is 55.7 Å². The van der Waals surface area contributed by atoms with Gasteiger partial charge in [0.25, 0.3) is 0 Å². The molecule has 3 rings (SSSR count). The first-order chi connectivity index (χ1) is 8.28. The fourth-order valence-corrected chi connectivity index (χ4v) is 3.93. The van der Waals surface area contributed by atoms with Crippen molar-refractivity contribution in [2.24, 2.45) is 17.8 Å². The minimum absolute atomic E-state index is 0.231. The Kier molecular flexibility index (Phi) is 2.87. The molecule has 0 spiro atoms. The maximum Gasteiger partial charge on any atom is 0.141 e. The van der Waals surface area contributed by atoms with Crippen LogP contribution in [0.5, 0.6) is 0 Å². The van der Waals surface area contributed by atoms with Gasteiger partial charge in [0.05, 0.1) is 6.20 Å². The molecule has 1 N–H and O–H groups in total. The highest BCUT2D eigenvalue weighted by atomic mass is 19.1. The highest BCUT2D eigenvalue weighted by Crippen LogP contribution is 2.52. The second-order valence-electron chi connectivity index (χ2n) is 5.54. The number of nitrogens with zero attached hydrogens (tertiary/aromatic N) is 1. The monoisotopic (exact) mass is 234 g/mol. The van der Waals surface area contributed by atoms with Crippen LogP contribution in [-0.2, 0) is 0 Å². The fraction of sp³-hybridized carbons (Fsp3) is 0.643. The van der Waals surface area contributed by atoms with Crippen molar-refractivity contribution in [3.63, 3.8) is 0 Å². The van der Waals surface area contributed by atoms with Crippen LogP contribution in [0.1, 0.15) is 37.3 Å². The molecule has 2 aliphatic carbocycles. The van der Waals surface area contributed by atoms with E-state index < -0.39 is 0 Å². The number of nitrogens with one attached hydrogen (secondary N) is 1. The zero-order valence-electron chi connectivity index (χ0n) is 10.2. The van der Waals surface area contributed by atoms with Gasteiger partial charge >= 0.3 is 0 Å². The molecule has 2 bridgehead atoms. The van der Waals surface area contributed by atoms with E-state index >= 15 is 0 Å². The van der Waals surface area contributed by atoms with Gasteiger partial charge in [0, 0.05) is 12.2 Å². The summed E-state index contributed by atoms with van der Waals surface area (Å²) in [7, 11) is 1.97. The molecule has 2 aliphatic rings. The predicted octanol–water partition coefficient (Wildman–Crippen LogP) is 2.92. The fourth-order valence-electron chi connectivity index (χ4n) is 3.93. The number of rotatable bonds is 3. The molecule has 2 nitrogen and oxygen atoms in total. The molecule has 17 heavy (non-hydrogen) atoms. The van der Waals surface area contributed by atoms with Gasteiger partial charge < -0.3 is 5.32 Å². The van der Waals surface area contributed by atoms with Crippen molar-refractivity contribution in [1.29, 1.82) is 0 Å². The number of halogens is 1. The normalized spacial score (nSPS) is 32.9. The average Bonchev–Trinajstić information content (AvgIpc) is 2.92. The Bertz CT molecular complexity index is 407. The summed E-state index contributed by atoms with van der Waals surface area (Å²) in [5.74, 6) is 2.19. The molecule has 3 heteroatoms. The highest BCUT2D eigenvalue weighted by molar-refractivity contribution is 5.17. The van der Waals surface area contributed by atoms with Crippen molar-refractivity contribution in [1.82, 2.24) is 10.3 Å². The lowest BCUT2D eigenvalue weighted by Crippen LogP contribution is -2.29. The molecule has 1 heterocycles. The van der Waals surface area contributed by atoms with Gasteiger partial charge in [0.15, 0.2) is 0 Å². The maximum atomic E-state index is 13.2. The van der Waals surface area contributed by atoms with Crippen molar-refractivity contribution in [3.8, 4) is 0 Å². The summed E-state index contributed by atoms with van der Waals surface area (Å²) < 4.78 is 13.2. The summed E-state index contributed by atoms with van der Waals surface area (Å²) in [4.78, 5) is 3.97. The lowest BCUT2D eigenvalue weighted by Gasteiger charge is -2.30. The van der Waals surface area contributed by atoms with Crippen LogP contribution in [0.2, 0.25) is 0 Å². The molecule has 0 aliphatic heterocycles. The van der Waals surface area contributed by atoms with Crippen LogP contribution >= 0.6 is 0 Å². The second-order valence-corrected chi connectivity index (χ2v) is 5.54. The van der Waals surface area contributed by atoms with E-state index in [1.807, 2.05) is 7.05 Å². The van der Waals surface area contributed by atoms with Crippen LogP contribution in [0.4, 0.5) is 4.39 Å². The van der Waals surface area contributed by atoms with E-state index in [2.05, 4.69) is 10.3 Å². The van der Waals surface area contributed by atoms with E-state index in [9.17, 15) is 4.39 Å². The quantitative estimate of drug-likeness (QED) is 0.869. The molecule has 0 amide bonds. The number of hydrogen-bond donors (Lipinski definition) is 1. The Morgan fingerprint density at radius 3 is 2.82 bits per heavy atom. The van der Waals surface area contributed by atoms with E-state index in [0.29, 0.717) is 5.92 Å². The van der Waals surface area contributed by atoms with E-state index in [1.165, 1.54) is 31.9 Å². The number of aromatic nitrogens is 1. The first-order valence-corrected chi connectivity index (χ1v) is 6.55. The molecule has 1 aromatic rings. The Morgan fingerprint density at radius 2 is 2.24 bits per heavy atom. The first-order valence-electron chi connectivity index (χ1n) is 6.55. The molecule has 4 unspecified atom stereocenters. The third-order valence-corrected chi connectivity index (χ3v) is 4.62. The smallest absolute Gasteiger partial charge is 0.141 e. The molecule has 0 radical (unpaired) electrons. The van der Waals surface area contributed by atoms with Crippen molar-refractivity contribution < 1.29 is 4.39 Å². The second kappa shape index (κ2) is 4.37. The van der Waals surface area contributed by atoms with Crippen LogP contribution in [0.3, 0.4) is 0 Å². The summed E-state index contributed by atoms with van der Waals surface area (Å²) in [6, 6.07) is 1.90. The largest absolute Gasteiger partial charge is 0.313 e. The topological polar surface area (TPSA) is 24.9 Å². The van der Waals surface area contributed by atoms with Crippen molar-refractivity contribution in [2.75, 3.05) is 7.05 Å². The van der Waals surface area contributed by atoms with Crippen LogP contribution < -0.4 is 5.32 Å². The molecule has 1 aromatic heterocycles. The minimum atomic E-state index is -0.231. The van der Waals surface area contributed by atoms with Crippen LogP contribution in [0, 0.1) is 23.6 Å². The highest BCUT2D eigenvalue weighted by Gasteiger charge is 2.43. The number of fused-ring (bicyclic) bond motifs is 2. The molecular formula is C14H19FN2. The third kappa shape index (κ3) is 1.97. The van der Waals surface area contributed by atoms with Gasteiger partial charge in [0.2, 0.25) is 0 Å². The summed E-state index contributed by atoms with van der Waals surface area (Å²) in [6.07, 6.45) is 8.51. The Hall–Kier alpha value is -0.960. The van der Waals surface area contributed by atoms with E-state index in [4.69, 9.17) is 0 Å². The Morgan fingerprint density at radius 1 is 1.35 bits per heavy atom. The summed E-state index contributed by atoms with van der Waals surface area (Å²) in [5.41, 5.74) is 1.00. The summed E-state index contributed by atoms with van der Waals surface area (Å²) in [5, 5.41) is 3.37. The molecule has 0 saturated heterocycles. The molecule has 2 fully saturated rings. The SMILES string of the molecule is CNC(c1cncc(F)c1)C1CC2CCC1C2. The third-order valence-electron chi connectivity index (χ3n) is 4.62. The van der Waals surface area contributed by atoms with E-state index in [0.717, 1.165) is 17.4 Å². The summed E-state index contributed by atoms with van der Waals surface area (Å²) in [6.45, 7) is 0. The molecule has 2 saturated carbocycles. The summed E-state index contributed by atoms with van der Waals surface area (Å²) >= 11 is 0. The predicted molar refractivity (Wildman–Crippen MR) is 64.9 cm³/mol. The first kappa shape index (κ1) is 11.1. The number of hydrogen-bond acceptors (Lipinski definition) is 2. The molecule has 4 atom stereocenters. The van der Waals surface area contributed by atoms with Crippen LogP contribution in [0.25, 0.3) is 0 Å².